The van der Waals surface area contributed by atoms with Crippen molar-refractivity contribution < 1.29 is 19.0 Å². The number of para-hydroxylation sites is 1. The lowest BCUT2D eigenvalue weighted by molar-refractivity contribution is 0.0602. The van der Waals surface area contributed by atoms with Gasteiger partial charge in [-0.3, -0.25) is 0 Å². The lowest BCUT2D eigenvalue weighted by Gasteiger charge is -2.13. The van der Waals surface area contributed by atoms with Crippen molar-refractivity contribution in [1.29, 1.82) is 0 Å². The van der Waals surface area contributed by atoms with Gasteiger partial charge < -0.3 is 25.3 Å². The molecule has 0 heterocycles. The molecule has 0 saturated carbocycles. The van der Waals surface area contributed by atoms with Gasteiger partial charge in [-0.1, -0.05) is 6.07 Å². The van der Waals surface area contributed by atoms with Crippen molar-refractivity contribution >= 4 is 17.3 Å². The van der Waals surface area contributed by atoms with E-state index in [-0.39, 0.29) is 0 Å². The number of methoxy groups -OCH3 is 2. The number of benzene rings is 1. The quantitative estimate of drug-likeness (QED) is 0.406. The number of nitrogens with two attached hydrogens (primary N) is 1. The Hall–Kier alpha value is -1.79. The van der Waals surface area contributed by atoms with E-state index in [0.717, 1.165) is 6.42 Å². The molecule has 0 amide bonds. The van der Waals surface area contributed by atoms with E-state index >= 15 is 0 Å². The predicted molar refractivity (Wildman–Crippen MR) is 78.0 cm³/mol. The maximum Gasteiger partial charge on any atom is 0.340 e. The molecule has 0 aromatic heterocycles. The van der Waals surface area contributed by atoms with Gasteiger partial charge in [0.1, 0.15) is 0 Å². The molecule has 3 N–H and O–H groups in total. The van der Waals surface area contributed by atoms with Crippen molar-refractivity contribution in [2.75, 3.05) is 51.6 Å². The van der Waals surface area contributed by atoms with Gasteiger partial charge in [0.15, 0.2) is 0 Å². The number of nitrogen functional groups attached to an aromatic ring is 1. The fourth-order valence-electron chi connectivity index (χ4n) is 1.68. The largest absolute Gasteiger partial charge is 0.465 e. The number of hydrogen-bond acceptors (Lipinski definition) is 6. The molecule has 0 unspecified atom stereocenters. The highest BCUT2D eigenvalue weighted by atomic mass is 16.5. The van der Waals surface area contributed by atoms with Crippen molar-refractivity contribution in [2.24, 2.45) is 0 Å². The SMILES string of the molecule is COCCOCCCNc1c(N)cccc1C(=O)OC. The third-order valence-electron chi connectivity index (χ3n) is 2.70. The van der Waals surface area contributed by atoms with Crippen LogP contribution in [0.2, 0.25) is 0 Å². The lowest BCUT2D eigenvalue weighted by Crippen LogP contribution is -2.13. The average Bonchev–Trinajstić information content (AvgIpc) is 2.46. The first-order valence-electron chi connectivity index (χ1n) is 6.48. The third kappa shape index (κ3) is 5.07. The van der Waals surface area contributed by atoms with Crippen LogP contribution in [0, 0.1) is 0 Å². The van der Waals surface area contributed by atoms with Gasteiger partial charge in [-0.05, 0) is 18.6 Å². The first-order valence-corrected chi connectivity index (χ1v) is 6.48. The van der Waals surface area contributed by atoms with Crippen LogP contribution in [-0.4, -0.2) is 46.6 Å². The van der Waals surface area contributed by atoms with E-state index < -0.39 is 5.97 Å². The van der Waals surface area contributed by atoms with Crippen molar-refractivity contribution in [3.8, 4) is 0 Å². The topological polar surface area (TPSA) is 82.8 Å². The second kappa shape index (κ2) is 9.17. The second-order valence-corrected chi connectivity index (χ2v) is 4.15. The van der Waals surface area contributed by atoms with Crippen LogP contribution in [0.15, 0.2) is 18.2 Å². The maximum atomic E-state index is 11.6. The van der Waals surface area contributed by atoms with Gasteiger partial charge in [0.25, 0.3) is 0 Å². The first kappa shape index (κ1) is 16.3. The summed E-state index contributed by atoms with van der Waals surface area (Å²) in [6.45, 7) is 2.45. The van der Waals surface area contributed by atoms with Crippen LogP contribution in [0.5, 0.6) is 0 Å². The molecule has 112 valence electrons. The number of esters is 1. The number of rotatable bonds is 9. The summed E-state index contributed by atoms with van der Waals surface area (Å²) in [6.07, 6.45) is 0.804. The Balaban J connectivity index is 2.45. The lowest BCUT2D eigenvalue weighted by atomic mass is 10.1. The molecule has 1 aromatic carbocycles. The van der Waals surface area contributed by atoms with Crippen LogP contribution in [0.4, 0.5) is 11.4 Å². The Morgan fingerprint density at radius 1 is 1.25 bits per heavy atom. The van der Waals surface area contributed by atoms with E-state index in [4.69, 9.17) is 19.9 Å². The molecule has 20 heavy (non-hydrogen) atoms. The van der Waals surface area contributed by atoms with Gasteiger partial charge in [0, 0.05) is 20.3 Å². The molecule has 0 radical (unpaired) electrons. The highest BCUT2D eigenvalue weighted by Crippen LogP contribution is 2.24. The molecular formula is C14H22N2O4. The van der Waals surface area contributed by atoms with Crippen molar-refractivity contribution in [3.05, 3.63) is 23.8 Å². The van der Waals surface area contributed by atoms with Crippen LogP contribution in [0.3, 0.4) is 0 Å². The van der Waals surface area contributed by atoms with Crippen LogP contribution in [-0.2, 0) is 14.2 Å². The minimum atomic E-state index is -0.406. The fraction of sp³-hybridized carbons (Fsp3) is 0.500. The van der Waals surface area contributed by atoms with Crippen molar-refractivity contribution in [1.82, 2.24) is 0 Å². The normalized spacial score (nSPS) is 10.3. The van der Waals surface area contributed by atoms with E-state index in [1.165, 1.54) is 7.11 Å². The molecule has 1 aromatic rings. The molecule has 6 nitrogen and oxygen atoms in total. The molecule has 0 aliphatic rings. The number of carbonyl (C=O) groups is 1. The minimum Gasteiger partial charge on any atom is -0.465 e. The maximum absolute atomic E-state index is 11.6. The molecule has 0 atom stereocenters. The zero-order valence-corrected chi connectivity index (χ0v) is 12.0. The van der Waals surface area contributed by atoms with Gasteiger partial charge in [-0.15, -0.1) is 0 Å². The molecule has 0 spiro atoms. The van der Waals surface area contributed by atoms with Crippen LogP contribution >= 0.6 is 0 Å². The van der Waals surface area contributed by atoms with E-state index in [1.54, 1.807) is 25.3 Å². The number of carbonyl (C=O) groups excluding carboxylic acids is 1. The van der Waals surface area contributed by atoms with Crippen LogP contribution in [0.25, 0.3) is 0 Å². The highest BCUT2D eigenvalue weighted by molar-refractivity contribution is 5.98. The number of hydrogen-bond donors (Lipinski definition) is 2. The van der Waals surface area contributed by atoms with Gasteiger partial charge in [0.2, 0.25) is 0 Å². The summed E-state index contributed by atoms with van der Waals surface area (Å²) in [6, 6.07) is 5.14. The molecule has 0 saturated heterocycles. The Morgan fingerprint density at radius 2 is 2.05 bits per heavy atom. The van der Waals surface area contributed by atoms with Crippen molar-refractivity contribution in [3.63, 3.8) is 0 Å². The first-order chi connectivity index (χ1) is 9.70. The van der Waals surface area contributed by atoms with Crippen LogP contribution in [0.1, 0.15) is 16.8 Å². The minimum absolute atomic E-state index is 0.406. The zero-order chi connectivity index (χ0) is 14.8. The molecule has 0 bridgehead atoms. The molecule has 0 aliphatic heterocycles. The summed E-state index contributed by atoms with van der Waals surface area (Å²) < 4.78 is 15.0. The number of nitrogens with one attached hydrogen (secondary N) is 1. The number of anilines is 2. The molecule has 6 heteroatoms. The second-order valence-electron chi connectivity index (χ2n) is 4.15. The molecule has 0 fully saturated rings. The molecule has 0 aliphatic carbocycles. The Morgan fingerprint density at radius 3 is 2.75 bits per heavy atom. The monoisotopic (exact) mass is 282 g/mol. The van der Waals surface area contributed by atoms with Crippen LogP contribution < -0.4 is 11.1 Å². The Labute approximate surface area is 119 Å². The third-order valence-corrected chi connectivity index (χ3v) is 2.70. The zero-order valence-electron chi connectivity index (χ0n) is 12.0. The van der Waals surface area contributed by atoms with E-state index in [0.29, 0.717) is 43.3 Å². The molecule has 1 rings (SSSR count). The van der Waals surface area contributed by atoms with E-state index in [1.807, 2.05) is 0 Å². The summed E-state index contributed by atoms with van der Waals surface area (Å²) in [4.78, 5) is 11.6. The van der Waals surface area contributed by atoms with E-state index in [2.05, 4.69) is 5.32 Å². The molecular weight excluding hydrogens is 260 g/mol. The van der Waals surface area contributed by atoms with Gasteiger partial charge in [0.05, 0.1) is 37.3 Å². The smallest absolute Gasteiger partial charge is 0.340 e. The predicted octanol–water partition coefficient (Wildman–Crippen LogP) is 1.52. The summed E-state index contributed by atoms with van der Waals surface area (Å²) >= 11 is 0. The van der Waals surface area contributed by atoms with Gasteiger partial charge >= 0.3 is 5.97 Å². The Bertz CT molecular complexity index is 424. The standard InChI is InChI=1S/C14H22N2O4/c1-18-9-10-20-8-4-7-16-13-11(14(17)19-2)5-3-6-12(13)15/h3,5-6,16H,4,7-10,15H2,1-2H3. The van der Waals surface area contributed by atoms with E-state index in [9.17, 15) is 4.79 Å². The van der Waals surface area contributed by atoms with Gasteiger partial charge in [-0.25, -0.2) is 4.79 Å². The summed E-state index contributed by atoms with van der Waals surface area (Å²) in [5, 5.41) is 3.15. The highest BCUT2D eigenvalue weighted by Gasteiger charge is 2.13. The summed E-state index contributed by atoms with van der Waals surface area (Å²) in [5.74, 6) is -0.406. The summed E-state index contributed by atoms with van der Waals surface area (Å²) in [7, 11) is 2.98. The number of ether oxygens (including phenoxy) is 3. The van der Waals surface area contributed by atoms with Gasteiger partial charge in [-0.2, -0.15) is 0 Å². The summed E-state index contributed by atoms with van der Waals surface area (Å²) in [5.41, 5.74) is 7.44. The van der Waals surface area contributed by atoms with Crippen molar-refractivity contribution in [2.45, 2.75) is 6.42 Å². The fourth-order valence-corrected chi connectivity index (χ4v) is 1.68. The average molecular weight is 282 g/mol. The Kier molecular flexibility index (Phi) is 7.46.